The molecule has 0 saturated carbocycles. The molecule has 23 heavy (non-hydrogen) atoms. The van der Waals surface area contributed by atoms with Crippen molar-refractivity contribution in [3.8, 4) is 0 Å². The Kier molecular flexibility index (Phi) is 5.60. The standard InChI is InChI=1S/C17H17ClN2O3/c1-11-3-6-13(7-4-11)20-16(21)10-19-15-9-12(17(22)23-2)5-8-14(15)18/h3-9,19H,10H2,1-2H3,(H,20,21). The van der Waals surface area contributed by atoms with Crippen molar-refractivity contribution in [1.29, 1.82) is 0 Å². The maximum absolute atomic E-state index is 11.9. The van der Waals surface area contributed by atoms with Gasteiger partial charge in [0.15, 0.2) is 0 Å². The Morgan fingerprint density at radius 2 is 1.83 bits per heavy atom. The lowest BCUT2D eigenvalue weighted by atomic mass is 10.2. The summed E-state index contributed by atoms with van der Waals surface area (Å²) in [6.07, 6.45) is 0. The Morgan fingerprint density at radius 3 is 2.48 bits per heavy atom. The Hall–Kier alpha value is -2.53. The first-order chi connectivity index (χ1) is 11.0. The first-order valence-corrected chi connectivity index (χ1v) is 7.35. The highest BCUT2D eigenvalue weighted by Crippen LogP contribution is 2.23. The summed E-state index contributed by atoms with van der Waals surface area (Å²) < 4.78 is 4.66. The molecule has 0 bridgehead atoms. The second kappa shape index (κ2) is 7.65. The molecule has 1 amide bonds. The van der Waals surface area contributed by atoms with Gasteiger partial charge in [-0.1, -0.05) is 29.3 Å². The van der Waals surface area contributed by atoms with E-state index in [1.54, 1.807) is 18.2 Å². The SMILES string of the molecule is COC(=O)c1ccc(Cl)c(NCC(=O)Nc2ccc(C)cc2)c1. The monoisotopic (exact) mass is 332 g/mol. The number of methoxy groups -OCH3 is 1. The Bertz CT molecular complexity index is 714. The van der Waals surface area contributed by atoms with Gasteiger partial charge in [0.05, 0.1) is 29.9 Å². The third-order valence-electron chi connectivity index (χ3n) is 3.16. The van der Waals surface area contributed by atoms with E-state index in [4.69, 9.17) is 11.6 Å². The van der Waals surface area contributed by atoms with Gasteiger partial charge in [0.2, 0.25) is 5.91 Å². The van der Waals surface area contributed by atoms with Crippen LogP contribution in [0.2, 0.25) is 5.02 Å². The number of aryl methyl sites for hydroxylation is 1. The lowest BCUT2D eigenvalue weighted by molar-refractivity contribution is -0.114. The van der Waals surface area contributed by atoms with E-state index in [0.29, 0.717) is 16.3 Å². The molecule has 0 aliphatic heterocycles. The molecule has 0 atom stereocenters. The highest BCUT2D eigenvalue weighted by atomic mass is 35.5. The summed E-state index contributed by atoms with van der Waals surface area (Å²) in [5.41, 5.74) is 2.69. The highest BCUT2D eigenvalue weighted by molar-refractivity contribution is 6.33. The first-order valence-electron chi connectivity index (χ1n) is 6.98. The summed E-state index contributed by atoms with van der Waals surface area (Å²) >= 11 is 6.06. The second-order valence-electron chi connectivity index (χ2n) is 4.95. The number of anilines is 2. The van der Waals surface area contributed by atoms with Gasteiger partial charge >= 0.3 is 5.97 Å². The lowest BCUT2D eigenvalue weighted by Crippen LogP contribution is -2.22. The molecule has 0 fully saturated rings. The predicted octanol–water partition coefficient (Wildman–Crippen LogP) is 3.49. The fourth-order valence-corrected chi connectivity index (χ4v) is 2.11. The van der Waals surface area contributed by atoms with E-state index < -0.39 is 5.97 Å². The maximum atomic E-state index is 11.9. The molecule has 0 radical (unpaired) electrons. The Morgan fingerprint density at radius 1 is 1.13 bits per heavy atom. The van der Waals surface area contributed by atoms with Crippen molar-refractivity contribution in [1.82, 2.24) is 0 Å². The van der Waals surface area contributed by atoms with Gasteiger partial charge in [0.25, 0.3) is 0 Å². The number of nitrogens with one attached hydrogen (secondary N) is 2. The molecule has 5 nitrogen and oxygen atoms in total. The van der Waals surface area contributed by atoms with E-state index in [1.807, 2.05) is 31.2 Å². The van der Waals surface area contributed by atoms with Crippen LogP contribution >= 0.6 is 11.6 Å². The molecule has 0 aliphatic carbocycles. The molecule has 2 rings (SSSR count). The highest BCUT2D eigenvalue weighted by Gasteiger charge is 2.10. The van der Waals surface area contributed by atoms with E-state index in [-0.39, 0.29) is 12.5 Å². The second-order valence-corrected chi connectivity index (χ2v) is 5.36. The summed E-state index contributed by atoms with van der Waals surface area (Å²) in [6, 6.07) is 12.2. The van der Waals surface area contributed by atoms with Crippen molar-refractivity contribution >= 4 is 34.9 Å². The van der Waals surface area contributed by atoms with Gasteiger partial charge in [0.1, 0.15) is 0 Å². The summed E-state index contributed by atoms with van der Waals surface area (Å²) in [5.74, 6) is -0.679. The van der Waals surface area contributed by atoms with Gasteiger partial charge in [-0.15, -0.1) is 0 Å². The van der Waals surface area contributed by atoms with E-state index in [1.165, 1.54) is 7.11 Å². The van der Waals surface area contributed by atoms with Crippen LogP contribution in [-0.4, -0.2) is 25.5 Å². The molecule has 2 aromatic carbocycles. The van der Waals surface area contributed by atoms with Gasteiger partial charge in [0, 0.05) is 5.69 Å². The molecule has 0 unspecified atom stereocenters. The van der Waals surface area contributed by atoms with Gasteiger partial charge in [-0.05, 0) is 37.3 Å². The number of ether oxygens (including phenoxy) is 1. The van der Waals surface area contributed by atoms with Crippen molar-refractivity contribution in [2.24, 2.45) is 0 Å². The van der Waals surface area contributed by atoms with Crippen LogP contribution in [0, 0.1) is 6.92 Å². The van der Waals surface area contributed by atoms with Crippen LogP contribution in [0.15, 0.2) is 42.5 Å². The van der Waals surface area contributed by atoms with Gasteiger partial charge in [-0.25, -0.2) is 4.79 Å². The van der Waals surface area contributed by atoms with Crippen molar-refractivity contribution in [3.63, 3.8) is 0 Å². The van der Waals surface area contributed by atoms with Gasteiger partial charge in [-0.2, -0.15) is 0 Å². The zero-order chi connectivity index (χ0) is 16.8. The van der Waals surface area contributed by atoms with Crippen LogP contribution in [0.5, 0.6) is 0 Å². The minimum Gasteiger partial charge on any atom is -0.465 e. The normalized spacial score (nSPS) is 10.0. The van der Waals surface area contributed by atoms with Crippen molar-refractivity contribution in [3.05, 3.63) is 58.6 Å². The molecule has 0 spiro atoms. The van der Waals surface area contributed by atoms with Crippen LogP contribution in [0.4, 0.5) is 11.4 Å². The zero-order valence-electron chi connectivity index (χ0n) is 12.9. The van der Waals surface area contributed by atoms with Crippen molar-refractivity contribution < 1.29 is 14.3 Å². The van der Waals surface area contributed by atoms with E-state index in [9.17, 15) is 9.59 Å². The molecular formula is C17H17ClN2O3. The summed E-state index contributed by atoms with van der Waals surface area (Å²) in [6.45, 7) is 2.00. The maximum Gasteiger partial charge on any atom is 0.337 e. The van der Waals surface area contributed by atoms with Gasteiger partial charge in [-0.3, -0.25) is 4.79 Å². The average molecular weight is 333 g/mol. The number of amides is 1. The predicted molar refractivity (Wildman–Crippen MR) is 91.1 cm³/mol. The number of carbonyl (C=O) groups is 2. The summed E-state index contributed by atoms with van der Waals surface area (Å²) in [7, 11) is 1.30. The zero-order valence-corrected chi connectivity index (χ0v) is 13.6. The number of rotatable bonds is 5. The van der Waals surface area contributed by atoms with E-state index in [2.05, 4.69) is 15.4 Å². The minimum atomic E-state index is -0.464. The van der Waals surface area contributed by atoms with Crippen LogP contribution in [0.1, 0.15) is 15.9 Å². The number of carbonyl (C=O) groups excluding carboxylic acids is 2. The third kappa shape index (κ3) is 4.72. The number of hydrogen-bond donors (Lipinski definition) is 2. The van der Waals surface area contributed by atoms with E-state index in [0.717, 1.165) is 11.3 Å². The molecule has 2 aromatic rings. The average Bonchev–Trinajstić information content (AvgIpc) is 2.55. The molecule has 2 N–H and O–H groups in total. The first kappa shape index (κ1) is 16.8. The van der Waals surface area contributed by atoms with Crippen LogP contribution in [0.25, 0.3) is 0 Å². The summed E-state index contributed by atoms with van der Waals surface area (Å²) in [4.78, 5) is 23.5. The minimum absolute atomic E-state index is 0.0260. The van der Waals surface area contributed by atoms with E-state index >= 15 is 0 Å². The molecule has 6 heteroatoms. The van der Waals surface area contributed by atoms with Crippen molar-refractivity contribution in [2.45, 2.75) is 6.92 Å². The number of esters is 1. The topological polar surface area (TPSA) is 67.4 Å². The molecule has 0 aromatic heterocycles. The van der Waals surface area contributed by atoms with Crippen LogP contribution in [0.3, 0.4) is 0 Å². The molecule has 0 saturated heterocycles. The van der Waals surface area contributed by atoms with Crippen molar-refractivity contribution in [2.75, 3.05) is 24.3 Å². The lowest BCUT2D eigenvalue weighted by Gasteiger charge is -2.10. The molecular weight excluding hydrogens is 316 g/mol. The quantitative estimate of drug-likeness (QED) is 0.822. The fraction of sp³-hybridized carbons (Fsp3) is 0.176. The van der Waals surface area contributed by atoms with Crippen LogP contribution < -0.4 is 10.6 Å². The van der Waals surface area contributed by atoms with Gasteiger partial charge < -0.3 is 15.4 Å². The number of hydrogen-bond acceptors (Lipinski definition) is 4. The Labute approximate surface area is 139 Å². The van der Waals surface area contributed by atoms with Crippen LogP contribution in [-0.2, 0) is 9.53 Å². The smallest absolute Gasteiger partial charge is 0.337 e. The third-order valence-corrected chi connectivity index (χ3v) is 3.49. The molecule has 0 aliphatic rings. The molecule has 0 heterocycles. The largest absolute Gasteiger partial charge is 0.465 e. The number of halogens is 1. The molecule has 120 valence electrons. The Balaban J connectivity index is 1.98. The fourth-order valence-electron chi connectivity index (χ4n) is 1.92. The summed E-state index contributed by atoms with van der Waals surface area (Å²) in [5, 5.41) is 6.10. The number of benzene rings is 2.